The minimum Gasteiger partial charge on any atom is -0.330 e. The predicted molar refractivity (Wildman–Crippen MR) is 53.8 cm³/mol. The Morgan fingerprint density at radius 2 is 2.08 bits per heavy atom. The average molecular weight is 177 g/mol. The Morgan fingerprint density at radius 1 is 1.38 bits per heavy atom. The van der Waals surface area contributed by atoms with Crippen molar-refractivity contribution in [1.82, 2.24) is 0 Å². The van der Waals surface area contributed by atoms with Crippen molar-refractivity contribution in [2.75, 3.05) is 6.54 Å². The van der Waals surface area contributed by atoms with Gasteiger partial charge in [-0.05, 0) is 31.9 Å². The summed E-state index contributed by atoms with van der Waals surface area (Å²) in [6, 6.07) is 7.71. The highest BCUT2D eigenvalue weighted by Gasteiger charge is 2.04. The first-order chi connectivity index (χ1) is 6.25. The second-order valence-electron chi connectivity index (χ2n) is 3.11. The van der Waals surface area contributed by atoms with E-state index in [4.69, 9.17) is 5.73 Å². The molecule has 0 aromatic heterocycles. The van der Waals surface area contributed by atoms with Gasteiger partial charge >= 0.3 is 0 Å². The van der Waals surface area contributed by atoms with Crippen LogP contribution in [0.3, 0.4) is 0 Å². The third-order valence-corrected chi connectivity index (χ3v) is 2.05. The summed E-state index contributed by atoms with van der Waals surface area (Å²) in [5.41, 5.74) is 7.36. The highest BCUT2D eigenvalue weighted by molar-refractivity contribution is 5.95. The summed E-state index contributed by atoms with van der Waals surface area (Å²) in [5.74, 6) is 0.132. The number of hydrogen-bond acceptors (Lipinski definition) is 2. The maximum atomic E-state index is 11.2. The highest BCUT2D eigenvalue weighted by atomic mass is 16.1. The molecule has 0 radical (unpaired) electrons. The number of ketones is 1. The van der Waals surface area contributed by atoms with Crippen molar-refractivity contribution in [2.24, 2.45) is 5.73 Å². The van der Waals surface area contributed by atoms with Crippen LogP contribution in [0.25, 0.3) is 0 Å². The van der Waals surface area contributed by atoms with Crippen LogP contribution in [0.2, 0.25) is 0 Å². The standard InChI is InChI=1S/C11H15NO/c1-9(13)11-7-3-2-5-10(11)6-4-8-12/h2-3,5,7H,4,6,8,12H2,1H3. The van der Waals surface area contributed by atoms with E-state index in [9.17, 15) is 4.79 Å². The smallest absolute Gasteiger partial charge is 0.160 e. The van der Waals surface area contributed by atoms with Crippen LogP contribution in [0.4, 0.5) is 0 Å². The molecule has 0 bridgehead atoms. The van der Waals surface area contributed by atoms with Crippen LogP contribution in [0.1, 0.15) is 29.3 Å². The largest absolute Gasteiger partial charge is 0.330 e. The zero-order chi connectivity index (χ0) is 9.68. The van der Waals surface area contributed by atoms with Gasteiger partial charge in [0.2, 0.25) is 0 Å². The summed E-state index contributed by atoms with van der Waals surface area (Å²) in [6.07, 6.45) is 1.83. The van der Waals surface area contributed by atoms with E-state index in [0.717, 1.165) is 24.0 Å². The van der Waals surface area contributed by atoms with Crippen molar-refractivity contribution < 1.29 is 4.79 Å². The van der Waals surface area contributed by atoms with Crippen LogP contribution in [-0.2, 0) is 6.42 Å². The second-order valence-corrected chi connectivity index (χ2v) is 3.11. The third kappa shape index (κ3) is 2.67. The van der Waals surface area contributed by atoms with E-state index in [1.807, 2.05) is 24.3 Å². The van der Waals surface area contributed by atoms with Gasteiger partial charge in [0.1, 0.15) is 0 Å². The maximum Gasteiger partial charge on any atom is 0.160 e. The molecule has 0 aliphatic carbocycles. The van der Waals surface area contributed by atoms with E-state index >= 15 is 0 Å². The summed E-state index contributed by atoms with van der Waals surface area (Å²) in [6.45, 7) is 2.27. The van der Waals surface area contributed by atoms with Gasteiger partial charge in [-0.25, -0.2) is 0 Å². The summed E-state index contributed by atoms with van der Waals surface area (Å²) in [5, 5.41) is 0. The molecule has 0 heterocycles. The lowest BCUT2D eigenvalue weighted by atomic mass is 10.0. The SMILES string of the molecule is CC(=O)c1ccccc1CCCN. The van der Waals surface area contributed by atoms with Gasteiger partial charge in [0.05, 0.1) is 0 Å². The molecular formula is C11H15NO. The third-order valence-electron chi connectivity index (χ3n) is 2.05. The van der Waals surface area contributed by atoms with Crippen LogP contribution in [-0.4, -0.2) is 12.3 Å². The van der Waals surface area contributed by atoms with Crippen molar-refractivity contribution in [2.45, 2.75) is 19.8 Å². The van der Waals surface area contributed by atoms with Gasteiger partial charge < -0.3 is 5.73 Å². The van der Waals surface area contributed by atoms with Crippen LogP contribution in [0, 0.1) is 0 Å². The Bertz CT molecular complexity index is 294. The molecule has 1 rings (SSSR count). The molecule has 0 fully saturated rings. The van der Waals surface area contributed by atoms with Crippen molar-refractivity contribution >= 4 is 5.78 Å². The summed E-state index contributed by atoms with van der Waals surface area (Å²) in [4.78, 5) is 11.2. The Labute approximate surface area is 78.8 Å². The lowest BCUT2D eigenvalue weighted by molar-refractivity contribution is 0.101. The van der Waals surface area contributed by atoms with E-state index in [2.05, 4.69) is 0 Å². The quantitative estimate of drug-likeness (QED) is 0.712. The maximum absolute atomic E-state index is 11.2. The van der Waals surface area contributed by atoms with E-state index in [0.29, 0.717) is 6.54 Å². The van der Waals surface area contributed by atoms with E-state index in [1.165, 1.54) is 0 Å². The van der Waals surface area contributed by atoms with E-state index in [1.54, 1.807) is 6.92 Å². The fourth-order valence-corrected chi connectivity index (χ4v) is 1.37. The molecule has 2 heteroatoms. The average Bonchev–Trinajstić information content (AvgIpc) is 2.15. The van der Waals surface area contributed by atoms with Crippen LogP contribution in [0.5, 0.6) is 0 Å². The molecule has 0 atom stereocenters. The Balaban J connectivity index is 2.84. The molecule has 0 saturated heterocycles. The van der Waals surface area contributed by atoms with Crippen molar-refractivity contribution in [1.29, 1.82) is 0 Å². The van der Waals surface area contributed by atoms with Gasteiger partial charge in [0.25, 0.3) is 0 Å². The summed E-state index contributed by atoms with van der Waals surface area (Å²) < 4.78 is 0. The number of carbonyl (C=O) groups is 1. The van der Waals surface area contributed by atoms with Gasteiger partial charge in [0, 0.05) is 5.56 Å². The molecular weight excluding hydrogens is 162 g/mol. The Morgan fingerprint density at radius 3 is 2.69 bits per heavy atom. The molecule has 0 aliphatic rings. The Hall–Kier alpha value is -1.15. The van der Waals surface area contributed by atoms with Crippen molar-refractivity contribution in [3.63, 3.8) is 0 Å². The first-order valence-corrected chi connectivity index (χ1v) is 4.54. The fourth-order valence-electron chi connectivity index (χ4n) is 1.37. The fraction of sp³-hybridized carbons (Fsp3) is 0.364. The van der Waals surface area contributed by atoms with Crippen molar-refractivity contribution in [3.8, 4) is 0 Å². The molecule has 0 spiro atoms. The van der Waals surface area contributed by atoms with Gasteiger partial charge in [-0.1, -0.05) is 24.3 Å². The second kappa shape index (κ2) is 4.77. The molecule has 1 aromatic carbocycles. The monoisotopic (exact) mass is 177 g/mol. The van der Waals surface area contributed by atoms with Crippen LogP contribution in [0.15, 0.2) is 24.3 Å². The topological polar surface area (TPSA) is 43.1 Å². The number of hydrogen-bond donors (Lipinski definition) is 1. The molecule has 0 aliphatic heterocycles. The number of aryl methyl sites for hydroxylation is 1. The van der Waals surface area contributed by atoms with Gasteiger partial charge in [-0.15, -0.1) is 0 Å². The first kappa shape index (κ1) is 9.93. The molecule has 0 amide bonds. The molecule has 2 N–H and O–H groups in total. The first-order valence-electron chi connectivity index (χ1n) is 4.54. The van der Waals surface area contributed by atoms with Gasteiger partial charge in [-0.2, -0.15) is 0 Å². The highest BCUT2D eigenvalue weighted by Crippen LogP contribution is 2.11. The molecule has 2 nitrogen and oxygen atoms in total. The lowest BCUT2D eigenvalue weighted by Gasteiger charge is -2.04. The number of nitrogens with two attached hydrogens (primary N) is 1. The van der Waals surface area contributed by atoms with Gasteiger partial charge in [0.15, 0.2) is 5.78 Å². The van der Waals surface area contributed by atoms with Crippen LogP contribution < -0.4 is 5.73 Å². The Kier molecular flexibility index (Phi) is 3.65. The lowest BCUT2D eigenvalue weighted by Crippen LogP contribution is -2.04. The zero-order valence-electron chi connectivity index (χ0n) is 7.92. The minimum atomic E-state index is 0.132. The van der Waals surface area contributed by atoms with E-state index < -0.39 is 0 Å². The van der Waals surface area contributed by atoms with E-state index in [-0.39, 0.29) is 5.78 Å². The number of benzene rings is 1. The zero-order valence-corrected chi connectivity index (χ0v) is 7.92. The molecule has 70 valence electrons. The van der Waals surface area contributed by atoms with Crippen molar-refractivity contribution in [3.05, 3.63) is 35.4 Å². The normalized spacial score (nSPS) is 10.0. The van der Waals surface area contributed by atoms with Gasteiger partial charge in [-0.3, -0.25) is 4.79 Å². The minimum absolute atomic E-state index is 0.132. The number of carbonyl (C=O) groups excluding carboxylic acids is 1. The summed E-state index contributed by atoms with van der Waals surface area (Å²) in [7, 11) is 0. The molecule has 0 saturated carbocycles. The molecule has 13 heavy (non-hydrogen) atoms. The molecule has 1 aromatic rings. The predicted octanol–water partition coefficient (Wildman–Crippen LogP) is 1.78. The van der Waals surface area contributed by atoms with Crippen LogP contribution >= 0.6 is 0 Å². The summed E-state index contributed by atoms with van der Waals surface area (Å²) >= 11 is 0. The number of rotatable bonds is 4. The molecule has 0 unspecified atom stereocenters. The number of Topliss-reactive ketones (excluding diaryl/α,β-unsaturated/α-hetero) is 1.